The normalized spacial score (nSPS) is 15.3. The quantitative estimate of drug-likeness (QED) is 0.695. The summed E-state index contributed by atoms with van der Waals surface area (Å²) in [7, 11) is 4.69. The summed E-state index contributed by atoms with van der Waals surface area (Å²) in [6.45, 7) is 0.684. The van der Waals surface area contributed by atoms with Gasteiger partial charge in [-0.1, -0.05) is 24.3 Å². The van der Waals surface area contributed by atoms with Gasteiger partial charge in [-0.25, -0.2) is 0 Å². The maximum Gasteiger partial charge on any atom is 0.323 e. The summed E-state index contributed by atoms with van der Waals surface area (Å²) in [6, 6.07) is 15.4. The summed E-state index contributed by atoms with van der Waals surface area (Å²) in [5.41, 5.74) is 3.53. The topological polar surface area (TPSA) is 72.6 Å². The maximum absolute atomic E-state index is 11.5. The molecule has 2 heterocycles. The maximum atomic E-state index is 11.5. The van der Waals surface area contributed by atoms with E-state index < -0.39 is 0 Å². The van der Waals surface area contributed by atoms with Gasteiger partial charge in [-0.15, -0.1) is 0 Å². The van der Waals surface area contributed by atoms with Crippen LogP contribution in [-0.4, -0.2) is 38.3 Å². The molecule has 0 saturated heterocycles. The highest BCUT2D eigenvalue weighted by Gasteiger charge is 2.27. The molecular formula is C21H24N2O4. The van der Waals surface area contributed by atoms with E-state index in [0.29, 0.717) is 13.0 Å². The van der Waals surface area contributed by atoms with Gasteiger partial charge in [-0.3, -0.25) is 10.1 Å². The largest absolute Gasteiger partial charge is 0.497 e. The summed E-state index contributed by atoms with van der Waals surface area (Å²) < 4.78 is 14.7. The van der Waals surface area contributed by atoms with Crippen molar-refractivity contribution in [3.8, 4) is 11.5 Å². The molecule has 6 nitrogen and oxygen atoms in total. The van der Waals surface area contributed by atoms with Gasteiger partial charge in [0.05, 0.1) is 21.3 Å². The molecule has 1 atom stereocenters. The number of hydrogen-bond donors (Lipinski definition) is 2. The number of rotatable bonds is 3. The first-order valence-corrected chi connectivity index (χ1v) is 8.74. The second-order valence-electron chi connectivity index (χ2n) is 6.17. The number of esters is 1. The number of carbonyl (C=O) groups excluding carboxylic acids is 1. The standard InChI is InChI=1S/C13H14N2O2.C8H10O2/c1-17-13(16)11-6-9-8-4-2-3-5-10(8)15-12(9)7-14-11;1-9-7-4-3-5-8(6-7)10-2/h2-5,11,14-15H,6-7H2,1H3;3-6H,1-2H3. The number of H-pyrrole nitrogens is 1. The second kappa shape index (κ2) is 8.60. The van der Waals surface area contributed by atoms with Gasteiger partial charge in [0.25, 0.3) is 0 Å². The van der Waals surface area contributed by atoms with Gasteiger partial charge >= 0.3 is 5.97 Å². The highest BCUT2D eigenvalue weighted by Crippen LogP contribution is 2.26. The van der Waals surface area contributed by atoms with Crippen molar-refractivity contribution in [1.29, 1.82) is 0 Å². The molecule has 1 aliphatic rings. The Balaban J connectivity index is 0.000000180. The van der Waals surface area contributed by atoms with Crippen molar-refractivity contribution >= 4 is 16.9 Å². The molecule has 27 heavy (non-hydrogen) atoms. The Bertz CT molecular complexity index is 900. The van der Waals surface area contributed by atoms with E-state index in [1.54, 1.807) is 14.2 Å². The summed E-state index contributed by atoms with van der Waals surface area (Å²) in [6.07, 6.45) is 0.687. The van der Waals surface area contributed by atoms with Crippen LogP contribution in [-0.2, 0) is 22.5 Å². The lowest BCUT2D eigenvalue weighted by molar-refractivity contribution is -0.143. The molecule has 2 N–H and O–H groups in total. The minimum absolute atomic E-state index is 0.194. The Morgan fingerprint density at radius 2 is 1.70 bits per heavy atom. The Hall–Kier alpha value is -2.99. The van der Waals surface area contributed by atoms with Crippen LogP contribution >= 0.6 is 0 Å². The molecule has 0 spiro atoms. The van der Waals surface area contributed by atoms with Crippen molar-refractivity contribution in [3.05, 3.63) is 59.8 Å². The van der Waals surface area contributed by atoms with Gasteiger partial charge in [-0.2, -0.15) is 0 Å². The predicted octanol–water partition coefficient (Wildman–Crippen LogP) is 3.06. The van der Waals surface area contributed by atoms with Crippen LogP contribution in [0.4, 0.5) is 0 Å². The smallest absolute Gasteiger partial charge is 0.323 e. The van der Waals surface area contributed by atoms with Crippen LogP contribution in [0.25, 0.3) is 10.9 Å². The fraction of sp³-hybridized carbons (Fsp3) is 0.286. The predicted molar refractivity (Wildman–Crippen MR) is 104 cm³/mol. The second-order valence-corrected chi connectivity index (χ2v) is 6.17. The van der Waals surface area contributed by atoms with Crippen molar-refractivity contribution < 1.29 is 19.0 Å². The van der Waals surface area contributed by atoms with E-state index in [-0.39, 0.29) is 12.0 Å². The molecule has 0 bridgehead atoms. The number of fused-ring (bicyclic) bond motifs is 3. The van der Waals surface area contributed by atoms with Crippen molar-refractivity contribution in [2.75, 3.05) is 21.3 Å². The highest BCUT2D eigenvalue weighted by atomic mass is 16.5. The van der Waals surface area contributed by atoms with E-state index in [1.807, 2.05) is 36.4 Å². The van der Waals surface area contributed by atoms with E-state index in [0.717, 1.165) is 17.0 Å². The van der Waals surface area contributed by atoms with Crippen LogP contribution in [0.15, 0.2) is 48.5 Å². The first-order chi connectivity index (χ1) is 13.2. The lowest BCUT2D eigenvalue weighted by Crippen LogP contribution is -2.42. The molecule has 0 radical (unpaired) electrons. The van der Waals surface area contributed by atoms with Gasteiger partial charge < -0.3 is 19.2 Å². The molecule has 1 aliphatic heterocycles. The zero-order valence-electron chi connectivity index (χ0n) is 15.7. The average Bonchev–Trinajstić information content (AvgIpc) is 3.11. The van der Waals surface area contributed by atoms with Crippen LogP contribution in [0, 0.1) is 0 Å². The minimum atomic E-state index is -0.230. The van der Waals surface area contributed by atoms with E-state index in [1.165, 1.54) is 23.8 Å². The van der Waals surface area contributed by atoms with E-state index in [9.17, 15) is 4.79 Å². The van der Waals surface area contributed by atoms with Gasteiger partial charge in [-0.05, 0) is 23.8 Å². The fourth-order valence-electron chi connectivity index (χ4n) is 3.18. The van der Waals surface area contributed by atoms with Crippen molar-refractivity contribution in [1.82, 2.24) is 10.3 Å². The summed E-state index contributed by atoms with van der Waals surface area (Å²) >= 11 is 0. The Morgan fingerprint density at radius 1 is 1.00 bits per heavy atom. The van der Waals surface area contributed by atoms with Crippen LogP contribution in [0.3, 0.4) is 0 Å². The molecule has 142 valence electrons. The number of carbonyl (C=O) groups is 1. The molecule has 1 aromatic heterocycles. The lowest BCUT2D eigenvalue weighted by atomic mass is 9.99. The molecule has 3 aromatic rings. The van der Waals surface area contributed by atoms with Crippen LogP contribution in [0.5, 0.6) is 11.5 Å². The molecule has 0 amide bonds. The first-order valence-electron chi connectivity index (χ1n) is 8.74. The fourth-order valence-corrected chi connectivity index (χ4v) is 3.18. The molecule has 0 aliphatic carbocycles. The SMILES string of the molecule is COC(=O)C1Cc2c([nH]c3ccccc23)CN1.COc1cccc(OC)c1. The Morgan fingerprint density at radius 3 is 2.37 bits per heavy atom. The lowest BCUT2D eigenvalue weighted by Gasteiger charge is -2.21. The van der Waals surface area contributed by atoms with Gasteiger partial charge in [0, 0.05) is 35.6 Å². The van der Waals surface area contributed by atoms with Gasteiger partial charge in [0.1, 0.15) is 17.5 Å². The molecule has 4 rings (SSSR count). The summed E-state index contributed by atoms with van der Waals surface area (Å²) in [5.74, 6) is 1.44. The number of nitrogens with one attached hydrogen (secondary N) is 2. The van der Waals surface area contributed by atoms with Gasteiger partial charge in [0.2, 0.25) is 0 Å². The first kappa shape index (κ1) is 18.8. The zero-order chi connectivity index (χ0) is 19.2. The molecular weight excluding hydrogens is 344 g/mol. The Kier molecular flexibility index (Phi) is 5.98. The van der Waals surface area contributed by atoms with E-state index in [2.05, 4.69) is 22.4 Å². The third kappa shape index (κ3) is 4.23. The number of hydrogen-bond acceptors (Lipinski definition) is 5. The van der Waals surface area contributed by atoms with Crippen LogP contribution in [0.1, 0.15) is 11.3 Å². The van der Waals surface area contributed by atoms with Crippen LogP contribution in [0.2, 0.25) is 0 Å². The third-order valence-electron chi connectivity index (χ3n) is 4.60. The molecule has 0 saturated carbocycles. The molecule has 1 unspecified atom stereocenters. The minimum Gasteiger partial charge on any atom is -0.497 e. The highest BCUT2D eigenvalue weighted by molar-refractivity contribution is 5.86. The van der Waals surface area contributed by atoms with Crippen molar-refractivity contribution in [2.45, 2.75) is 19.0 Å². The number of benzene rings is 2. The summed E-state index contributed by atoms with van der Waals surface area (Å²) in [5, 5.41) is 4.39. The van der Waals surface area contributed by atoms with E-state index >= 15 is 0 Å². The Labute approximate surface area is 158 Å². The zero-order valence-corrected chi connectivity index (χ0v) is 15.7. The van der Waals surface area contributed by atoms with Crippen LogP contribution < -0.4 is 14.8 Å². The number of ether oxygens (including phenoxy) is 3. The van der Waals surface area contributed by atoms with Crippen molar-refractivity contribution in [2.24, 2.45) is 0 Å². The van der Waals surface area contributed by atoms with Crippen molar-refractivity contribution in [3.63, 3.8) is 0 Å². The van der Waals surface area contributed by atoms with E-state index in [4.69, 9.17) is 14.2 Å². The summed E-state index contributed by atoms with van der Waals surface area (Å²) in [4.78, 5) is 14.9. The average molecular weight is 368 g/mol. The molecule has 0 fully saturated rings. The number of aromatic nitrogens is 1. The number of aromatic amines is 1. The molecule has 2 aromatic carbocycles. The molecule has 6 heteroatoms. The number of para-hydroxylation sites is 1. The van der Waals surface area contributed by atoms with Gasteiger partial charge in [0.15, 0.2) is 0 Å². The number of methoxy groups -OCH3 is 3. The monoisotopic (exact) mass is 368 g/mol. The third-order valence-corrected chi connectivity index (χ3v) is 4.60.